The molecule has 1 fully saturated rings. The molecule has 19 heavy (non-hydrogen) atoms. The highest BCUT2D eigenvalue weighted by Gasteiger charge is 2.30. The SMILES string of the molecule is O=C(CCCl)NCC1CC(=O)N(c2ccccc2)C1. The first kappa shape index (κ1) is 13.9. The number of nitrogens with zero attached hydrogens (tertiary/aromatic N) is 1. The second-order valence-electron chi connectivity index (χ2n) is 4.65. The summed E-state index contributed by atoms with van der Waals surface area (Å²) < 4.78 is 0. The molecule has 1 heterocycles. The van der Waals surface area contributed by atoms with E-state index in [0.717, 1.165) is 5.69 Å². The van der Waals surface area contributed by atoms with Gasteiger partial charge in [-0.2, -0.15) is 0 Å². The highest BCUT2D eigenvalue weighted by Crippen LogP contribution is 2.24. The first-order valence-electron chi connectivity index (χ1n) is 6.39. The summed E-state index contributed by atoms with van der Waals surface area (Å²) in [5.74, 6) is 0.557. The number of hydrogen-bond acceptors (Lipinski definition) is 2. The molecule has 1 aliphatic heterocycles. The lowest BCUT2D eigenvalue weighted by atomic mass is 10.1. The molecule has 4 nitrogen and oxygen atoms in total. The third-order valence-electron chi connectivity index (χ3n) is 3.18. The van der Waals surface area contributed by atoms with Crippen LogP contribution in [0.3, 0.4) is 0 Å². The smallest absolute Gasteiger partial charge is 0.227 e. The Balaban J connectivity index is 1.88. The summed E-state index contributed by atoms with van der Waals surface area (Å²) in [4.78, 5) is 25.1. The molecular weight excluding hydrogens is 264 g/mol. The van der Waals surface area contributed by atoms with Gasteiger partial charge in [0.05, 0.1) is 0 Å². The van der Waals surface area contributed by atoms with E-state index in [4.69, 9.17) is 11.6 Å². The molecule has 5 heteroatoms. The van der Waals surface area contributed by atoms with Gasteiger partial charge in [0, 0.05) is 43.4 Å². The van der Waals surface area contributed by atoms with E-state index in [9.17, 15) is 9.59 Å². The first-order valence-corrected chi connectivity index (χ1v) is 6.92. The van der Waals surface area contributed by atoms with Gasteiger partial charge >= 0.3 is 0 Å². The number of rotatable bonds is 5. The van der Waals surface area contributed by atoms with Crippen LogP contribution in [0.2, 0.25) is 0 Å². The Morgan fingerprint density at radius 3 is 2.79 bits per heavy atom. The first-order chi connectivity index (χ1) is 9.20. The minimum atomic E-state index is -0.0550. The van der Waals surface area contributed by atoms with Crippen LogP contribution in [0, 0.1) is 5.92 Å². The molecule has 1 atom stereocenters. The Bertz CT molecular complexity index is 450. The van der Waals surface area contributed by atoms with Crippen molar-refractivity contribution in [2.75, 3.05) is 23.9 Å². The maximum atomic E-state index is 11.9. The Morgan fingerprint density at radius 1 is 1.37 bits per heavy atom. The lowest BCUT2D eigenvalue weighted by Crippen LogP contribution is -2.31. The molecule has 1 aliphatic rings. The fourth-order valence-electron chi connectivity index (χ4n) is 2.21. The van der Waals surface area contributed by atoms with Crippen molar-refractivity contribution in [1.29, 1.82) is 0 Å². The average Bonchev–Trinajstić information content (AvgIpc) is 2.79. The van der Waals surface area contributed by atoms with Gasteiger partial charge in [0.1, 0.15) is 0 Å². The van der Waals surface area contributed by atoms with Crippen LogP contribution in [0.15, 0.2) is 30.3 Å². The van der Waals surface area contributed by atoms with Gasteiger partial charge in [0.25, 0.3) is 0 Å². The number of amides is 2. The Morgan fingerprint density at radius 2 is 2.11 bits per heavy atom. The lowest BCUT2D eigenvalue weighted by molar-refractivity contribution is -0.121. The number of carbonyl (C=O) groups is 2. The predicted octanol–water partition coefficient (Wildman–Crippen LogP) is 1.78. The Labute approximate surface area is 117 Å². The summed E-state index contributed by atoms with van der Waals surface area (Å²) in [6, 6.07) is 9.60. The quantitative estimate of drug-likeness (QED) is 0.836. The van der Waals surface area contributed by atoms with Crippen molar-refractivity contribution in [1.82, 2.24) is 5.32 Å². The van der Waals surface area contributed by atoms with E-state index in [0.29, 0.717) is 31.8 Å². The van der Waals surface area contributed by atoms with Crippen LogP contribution in [0.1, 0.15) is 12.8 Å². The van der Waals surface area contributed by atoms with Gasteiger partial charge in [-0.25, -0.2) is 0 Å². The van der Waals surface area contributed by atoms with Crippen molar-refractivity contribution in [3.05, 3.63) is 30.3 Å². The number of carbonyl (C=O) groups excluding carboxylic acids is 2. The maximum Gasteiger partial charge on any atom is 0.227 e. The van der Waals surface area contributed by atoms with Crippen LogP contribution in [0.5, 0.6) is 0 Å². The summed E-state index contributed by atoms with van der Waals surface area (Å²) in [6.07, 6.45) is 0.806. The molecule has 0 bridgehead atoms. The van der Waals surface area contributed by atoms with Gasteiger partial charge in [-0.15, -0.1) is 11.6 Å². The topological polar surface area (TPSA) is 49.4 Å². The number of para-hydroxylation sites is 1. The fraction of sp³-hybridized carbons (Fsp3) is 0.429. The van der Waals surface area contributed by atoms with E-state index in [2.05, 4.69) is 5.32 Å². The molecule has 1 N–H and O–H groups in total. The van der Waals surface area contributed by atoms with Crippen molar-refractivity contribution in [3.8, 4) is 0 Å². The van der Waals surface area contributed by atoms with E-state index in [1.807, 2.05) is 30.3 Å². The Kier molecular flexibility index (Phi) is 4.80. The molecule has 2 rings (SSSR count). The zero-order valence-corrected chi connectivity index (χ0v) is 11.4. The largest absolute Gasteiger partial charge is 0.356 e. The van der Waals surface area contributed by atoms with Gasteiger partial charge in [0.15, 0.2) is 0 Å². The zero-order chi connectivity index (χ0) is 13.7. The maximum absolute atomic E-state index is 11.9. The standard InChI is InChI=1S/C14H17ClN2O2/c15-7-6-13(18)16-9-11-8-14(19)17(10-11)12-4-2-1-3-5-12/h1-5,11H,6-10H2,(H,16,18). The summed E-state index contributed by atoms with van der Waals surface area (Å²) >= 11 is 5.50. The van der Waals surface area contributed by atoms with Crippen molar-refractivity contribution in [2.45, 2.75) is 12.8 Å². The summed E-state index contributed by atoms with van der Waals surface area (Å²) in [6.45, 7) is 1.19. The second kappa shape index (κ2) is 6.57. The molecule has 0 aliphatic carbocycles. The zero-order valence-electron chi connectivity index (χ0n) is 10.6. The van der Waals surface area contributed by atoms with E-state index in [1.54, 1.807) is 4.90 Å². The summed E-state index contributed by atoms with van der Waals surface area (Å²) in [5.41, 5.74) is 0.919. The van der Waals surface area contributed by atoms with E-state index >= 15 is 0 Å². The molecule has 2 amide bonds. The second-order valence-corrected chi connectivity index (χ2v) is 5.03. The predicted molar refractivity (Wildman–Crippen MR) is 75.2 cm³/mol. The lowest BCUT2D eigenvalue weighted by Gasteiger charge is -2.16. The van der Waals surface area contributed by atoms with Crippen LogP contribution in [-0.4, -0.2) is 30.8 Å². The molecular formula is C14H17ClN2O2. The van der Waals surface area contributed by atoms with E-state index in [1.165, 1.54) is 0 Å². The van der Waals surface area contributed by atoms with Crippen LogP contribution >= 0.6 is 11.6 Å². The molecule has 0 spiro atoms. The molecule has 0 radical (unpaired) electrons. The van der Waals surface area contributed by atoms with Crippen molar-refractivity contribution in [2.24, 2.45) is 5.92 Å². The van der Waals surface area contributed by atoms with Crippen molar-refractivity contribution >= 4 is 29.1 Å². The normalized spacial score (nSPS) is 18.7. The number of halogens is 1. The molecule has 0 saturated carbocycles. The van der Waals surface area contributed by atoms with Crippen molar-refractivity contribution < 1.29 is 9.59 Å². The third kappa shape index (κ3) is 3.70. The van der Waals surface area contributed by atoms with E-state index in [-0.39, 0.29) is 17.7 Å². The number of benzene rings is 1. The molecule has 0 aromatic heterocycles. The fourth-order valence-corrected chi connectivity index (χ4v) is 2.38. The molecule has 1 aromatic rings. The molecule has 102 valence electrons. The van der Waals surface area contributed by atoms with Crippen molar-refractivity contribution in [3.63, 3.8) is 0 Å². The molecule has 1 aromatic carbocycles. The number of hydrogen-bond donors (Lipinski definition) is 1. The minimum absolute atomic E-state index is 0.0550. The number of nitrogens with one attached hydrogen (secondary N) is 1. The number of alkyl halides is 1. The molecule has 1 unspecified atom stereocenters. The van der Waals surface area contributed by atoms with Gasteiger partial charge in [0.2, 0.25) is 11.8 Å². The minimum Gasteiger partial charge on any atom is -0.356 e. The highest BCUT2D eigenvalue weighted by atomic mass is 35.5. The van der Waals surface area contributed by atoms with E-state index < -0.39 is 0 Å². The van der Waals surface area contributed by atoms with Gasteiger partial charge in [-0.3, -0.25) is 9.59 Å². The van der Waals surface area contributed by atoms with Crippen LogP contribution < -0.4 is 10.2 Å². The number of anilines is 1. The summed E-state index contributed by atoms with van der Waals surface area (Å²) in [5, 5.41) is 2.82. The average molecular weight is 281 g/mol. The van der Waals surface area contributed by atoms with Crippen LogP contribution in [-0.2, 0) is 9.59 Å². The monoisotopic (exact) mass is 280 g/mol. The highest BCUT2D eigenvalue weighted by molar-refractivity contribution is 6.18. The van der Waals surface area contributed by atoms with Gasteiger partial charge in [-0.05, 0) is 12.1 Å². The Hall–Kier alpha value is -1.55. The van der Waals surface area contributed by atoms with Crippen LogP contribution in [0.25, 0.3) is 0 Å². The summed E-state index contributed by atoms with van der Waals surface area (Å²) in [7, 11) is 0. The third-order valence-corrected chi connectivity index (χ3v) is 3.37. The van der Waals surface area contributed by atoms with Gasteiger partial charge < -0.3 is 10.2 Å². The van der Waals surface area contributed by atoms with Crippen LogP contribution in [0.4, 0.5) is 5.69 Å². The van der Waals surface area contributed by atoms with Gasteiger partial charge in [-0.1, -0.05) is 18.2 Å². The molecule has 1 saturated heterocycles.